The van der Waals surface area contributed by atoms with Gasteiger partial charge in [-0.15, -0.1) is 0 Å². The van der Waals surface area contributed by atoms with Crippen LogP contribution in [-0.4, -0.2) is 22.2 Å². The van der Waals surface area contributed by atoms with Crippen LogP contribution in [0.3, 0.4) is 0 Å². The van der Waals surface area contributed by atoms with Gasteiger partial charge in [0.15, 0.2) is 0 Å². The van der Waals surface area contributed by atoms with E-state index in [-0.39, 0.29) is 17.0 Å². The zero-order chi connectivity index (χ0) is 25.1. The van der Waals surface area contributed by atoms with Crippen LogP contribution in [-0.2, 0) is 5.41 Å². The van der Waals surface area contributed by atoms with E-state index >= 15 is 0 Å². The third kappa shape index (κ3) is 3.93. The van der Waals surface area contributed by atoms with Gasteiger partial charge in [0.1, 0.15) is 0 Å². The van der Waals surface area contributed by atoms with Crippen molar-refractivity contribution in [2.24, 2.45) is 0 Å². The fraction of sp³-hybridized carbons (Fsp3) is 0.0625. The van der Waals surface area contributed by atoms with Crippen LogP contribution < -0.4 is 0 Å². The van der Waals surface area contributed by atoms with Gasteiger partial charge in [-0.2, -0.15) is 0 Å². The number of hydrogen-bond acceptors (Lipinski definition) is 2. The maximum atomic E-state index is 11.6. The Kier molecular flexibility index (Phi) is 6.09. The van der Waals surface area contributed by atoms with Gasteiger partial charge < -0.3 is 10.2 Å². The van der Waals surface area contributed by atoms with E-state index in [0.717, 1.165) is 27.8 Å². The molecule has 4 aromatic carbocycles. The molecule has 2 atom stereocenters. The predicted octanol–water partition coefficient (Wildman–Crippen LogP) is 6.81. The first-order valence-corrected chi connectivity index (χ1v) is 11.7. The van der Waals surface area contributed by atoms with Crippen molar-refractivity contribution in [1.82, 2.24) is 0 Å². The Morgan fingerprint density at radius 2 is 1.11 bits per heavy atom. The largest absolute Gasteiger partial charge is 0.478 e. The highest BCUT2D eigenvalue weighted by Gasteiger charge is 2.46. The molecule has 2 N–H and O–H groups in total. The first-order chi connectivity index (χ1) is 17.5. The number of carboxylic acids is 2. The summed E-state index contributed by atoms with van der Waals surface area (Å²) in [5, 5.41) is 19.0. The van der Waals surface area contributed by atoms with Gasteiger partial charge in [-0.05, 0) is 52.1 Å². The first-order valence-electron chi connectivity index (χ1n) is 11.7. The summed E-state index contributed by atoms with van der Waals surface area (Å²) in [6.45, 7) is 0. The lowest BCUT2D eigenvalue weighted by Gasteiger charge is -2.45. The molecule has 0 aliphatic heterocycles. The molecule has 4 aromatic rings. The van der Waals surface area contributed by atoms with E-state index in [1.165, 1.54) is 0 Å². The van der Waals surface area contributed by atoms with E-state index in [4.69, 9.17) is 0 Å². The van der Waals surface area contributed by atoms with Gasteiger partial charge in [0.05, 0.1) is 16.5 Å². The van der Waals surface area contributed by atoms with Crippen molar-refractivity contribution < 1.29 is 19.8 Å². The molecule has 176 valence electrons. The number of carboxylic acid groups (broad SMARTS) is 2. The van der Waals surface area contributed by atoms with Crippen LogP contribution in [0.25, 0.3) is 5.57 Å². The highest BCUT2D eigenvalue weighted by atomic mass is 16.4. The van der Waals surface area contributed by atoms with Gasteiger partial charge in [0.2, 0.25) is 0 Å². The van der Waals surface area contributed by atoms with Crippen LogP contribution in [0.1, 0.15) is 48.9 Å². The summed E-state index contributed by atoms with van der Waals surface area (Å²) in [6.07, 6.45) is 6.31. The maximum Gasteiger partial charge on any atom is 0.335 e. The third-order valence-corrected chi connectivity index (χ3v) is 6.88. The quantitative estimate of drug-likeness (QED) is 0.323. The molecule has 0 radical (unpaired) electrons. The number of carbonyl (C=O) groups is 2. The van der Waals surface area contributed by atoms with Gasteiger partial charge in [-0.3, -0.25) is 0 Å². The number of rotatable bonds is 6. The minimum atomic E-state index is -0.974. The van der Waals surface area contributed by atoms with Crippen molar-refractivity contribution in [3.8, 4) is 0 Å². The molecule has 4 nitrogen and oxygen atoms in total. The Morgan fingerprint density at radius 3 is 1.67 bits per heavy atom. The fourth-order valence-electron chi connectivity index (χ4n) is 5.26. The van der Waals surface area contributed by atoms with E-state index in [1.54, 1.807) is 24.3 Å². The lowest BCUT2D eigenvalue weighted by molar-refractivity contribution is 0.0686. The lowest BCUT2D eigenvalue weighted by Crippen LogP contribution is -2.37. The van der Waals surface area contributed by atoms with Crippen LogP contribution in [0.2, 0.25) is 0 Å². The fourth-order valence-corrected chi connectivity index (χ4v) is 5.26. The third-order valence-electron chi connectivity index (χ3n) is 6.88. The summed E-state index contributed by atoms with van der Waals surface area (Å²) < 4.78 is 0. The Morgan fingerprint density at radius 1 is 0.611 bits per heavy atom. The van der Waals surface area contributed by atoms with Crippen molar-refractivity contribution in [3.05, 3.63) is 161 Å². The van der Waals surface area contributed by atoms with Gasteiger partial charge in [-0.1, -0.05) is 103 Å². The minimum absolute atomic E-state index is 0.101. The number of aromatic carboxylic acids is 2. The average molecular weight is 473 g/mol. The molecule has 4 heteroatoms. The second-order valence-electron chi connectivity index (χ2n) is 8.79. The van der Waals surface area contributed by atoms with Crippen LogP contribution in [0.15, 0.2) is 127 Å². The summed E-state index contributed by atoms with van der Waals surface area (Å²) >= 11 is 0. The van der Waals surface area contributed by atoms with Crippen LogP contribution in [0.5, 0.6) is 0 Å². The van der Waals surface area contributed by atoms with E-state index < -0.39 is 17.4 Å². The SMILES string of the molecule is O=C(O)c1ccc(C2=CC=CC(c3ccccc3)C2(c2ccccc2)c2ccc(C(=O)O)cc2)cc1. The smallest absolute Gasteiger partial charge is 0.335 e. The van der Waals surface area contributed by atoms with Crippen molar-refractivity contribution in [1.29, 1.82) is 0 Å². The van der Waals surface area contributed by atoms with Crippen molar-refractivity contribution in [3.63, 3.8) is 0 Å². The molecular formula is C32H24O4. The van der Waals surface area contributed by atoms with Crippen LogP contribution >= 0.6 is 0 Å². The predicted molar refractivity (Wildman–Crippen MR) is 140 cm³/mol. The highest BCUT2D eigenvalue weighted by Crippen LogP contribution is 2.55. The second kappa shape index (κ2) is 9.51. The minimum Gasteiger partial charge on any atom is -0.478 e. The zero-order valence-corrected chi connectivity index (χ0v) is 19.4. The first kappa shape index (κ1) is 23.1. The summed E-state index contributed by atoms with van der Waals surface area (Å²) in [5.41, 5.74) is 4.78. The monoisotopic (exact) mass is 472 g/mol. The van der Waals surface area contributed by atoms with Gasteiger partial charge >= 0.3 is 11.9 Å². The van der Waals surface area contributed by atoms with Gasteiger partial charge in [-0.25, -0.2) is 9.59 Å². The topological polar surface area (TPSA) is 74.6 Å². The van der Waals surface area contributed by atoms with Gasteiger partial charge in [0.25, 0.3) is 0 Å². The normalized spacial score (nSPS) is 18.9. The second-order valence-corrected chi connectivity index (χ2v) is 8.79. The van der Waals surface area contributed by atoms with E-state index in [2.05, 4.69) is 36.4 Å². The Bertz CT molecular complexity index is 1450. The molecule has 2 unspecified atom stereocenters. The molecule has 36 heavy (non-hydrogen) atoms. The summed E-state index contributed by atoms with van der Waals surface area (Å²) in [6, 6.07) is 34.4. The average Bonchev–Trinajstić information content (AvgIpc) is 2.93. The number of benzene rings is 4. The Balaban J connectivity index is 1.83. The van der Waals surface area contributed by atoms with E-state index in [1.807, 2.05) is 66.7 Å². The summed E-state index contributed by atoms with van der Waals surface area (Å²) in [7, 11) is 0. The molecule has 0 aromatic heterocycles. The molecule has 1 aliphatic rings. The molecule has 1 aliphatic carbocycles. The Labute approximate surface area is 209 Å². The van der Waals surface area contributed by atoms with Crippen LogP contribution in [0, 0.1) is 0 Å². The molecular weight excluding hydrogens is 448 g/mol. The number of hydrogen-bond donors (Lipinski definition) is 2. The maximum absolute atomic E-state index is 11.6. The molecule has 0 saturated carbocycles. The van der Waals surface area contributed by atoms with Crippen molar-refractivity contribution in [2.75, 3.05) is 0 Å². The molecule has 0 spiro atoms. The molecule has 0 amide bonds. The summed E-state index contributed by atoms with van der Waals surface area (Å²) in [5.74, 6) is -2.05. The molecule has 0 fully saturated rings. The van der Waals surface area contributed by atoms with Crippen LogP contribution in [0.4, 0.5) is 0 Å². The molecule has 0 heterocycles. The molecule has 5 rings (SSSR count). The van der Waals surface area contributed by atoms with Gasteiger partial charge in [0, 0.05) is 5.92 Å². The van der Waals surface area contributed by atoms with Crippen molar-refractivity contribution >= 4 is 17.5 Å². The Hall–Kier alpha value is -4.70. The number of allylic oxidation sites excluding steroid dienone is 4. The summed E-state index contributed by atoms with van der Waals surface area (Å²) in [4.78, 5) is 23.1. The van der Waals surface area contributed by atoms with E-state index in [9.17, 15) is 19.8 Å². The zero-order valence-electron chi connectivity index (χ0n) is 19.4. The van der Waals surface area contributed by atoms with Crippen molar-refractivity contribution in [2.45, 2.75) is 11.3 Å². The molecule has 0 bridgehead atoms. The van der Waals surface area contributed by atoms with E-state index in [0.29, 0.717) is 0 Å². The molecule has 0 saturated heterocycles. The lowest BCUT2D eigenvalue weighted by atomic mass is 9.56. The standard InChI is InChI=1S/C32H24O4/c33-30(34)24-16-14-23(15-17-24)29-13-7-12-28(22-8-3-1-4-9-22)32(29,26-10-5-2-6-11-26)27-20-18-25(19-21-27)31(35)36/h1-21,28H,(H,33,34)(H,35,36). The highest BCUT2D eigenvalue weighted by molar-refractivity contribution is 5.90.